The molecule has 118 valence electrons. The SMILES string of the molecule is COc1cccc(CC(=O)Nc2ccc3c(c2)NC(=O)CS3)c1. The molecule has 1 aliphatic heterocycles. The molecular weight excluding hydrogens is 312 g/mol. The van der Waals surface area contributed by atoms with E-state index in [1.807, 2.05) is 36.4 Å². The highest BCUT2D eigenvalue weighted by atomic mass is 32.2. The molecule has 0 bridgehead atoms. The van der Waals surface area contributed by atoms with E-state index in [1.165, 1.54) is 11.8 Å². The van der Waals surface area contributed by atoms with Crippen LogP contribution in [0.1, 0.15) is 5.56 Å². The molecule has 5 nitrogen and oxygen atoms in total. The lowest BCUT2D eigenvalue weighted by atomic mass is 10.1. The first kappa shape index (κ1) is 15.4. The first-order valence-electron chi connectivity index (χ1n) is 7.13. The predicted molar refractivity (Wildman–Crippen MR) is 91.1 cm³/mol. The van der Waals surface area contributed by atoms with Crippen molar-refractivity contribution in [2.24, 2.45) is 0 Å². The molecule has 0 aromatic heterocycles. The van der Waals surface area contributed by atoms with E-state index in [0.717, 1.165) is 21.9 Å². The number of rotatable bonds is 4. The van der Waals surface area contributed by atoms with Gasteiger partial charge < -0.3 is 15.4 Å². The number of methoxy groups -OCH3 is 1. The van der Waals surface area contributed by atoms with Gasteiger partial charge in [0.2, 0.25) is 11.8 Å². The summed E-state index contributed by atoms with van der Waals surface area (Å²) in [4.78, 5) is 24.6. The van der Waals surface area contributed by atoms with Crippen molar-refractivity contribution in [2.75, 3.05) is 23.5 Å². The van der Waals surface area contributed by atoms with Gasteiger partial charge in [-0.25, -0.2) is 0 Å². The predicted octanol–water partition coefficient (Wildman–Crippen LogP) is 2.92. The van der Waals surface area contributed by atoms with Crippen molar-refractivity contribution in [1.29, 1.82) is 0 Å². The van der Waals surface area contributed by atoms with E-state index >= 15 is 0 Å². The number of anilines is 2. The molecule has 1 heterocycles. The molecular formula is C17H16N2O3S. The molecule has 0 fully saturated rings. The summed E-state index contributed by atoms with van der Waals surface area (Å²) in [6, 6.07) is 12.9. The van der Waals surface area contributed by atoms with Gasteiger partial charge in [-0.05, 0) is 35.9 Å². The molecule has 0 unspecified atom stereocenters. The van der Waals surface area contributed by atoms with E-state index in [0.29, 0.717) is 11.4 Å². The second kappa shape index (κ2) is 6.75. The number of carbonyl (C=O) groups is 2. The lowest BCUT2D eigenvalue weighted by molar-refractivity contribution is -0.115. The molecule has 6 heteroatoms. The molecule has 0 saturated heterocycles. The maximum atomic E-state index is 12.2. The number of nitrogens with one attached hydrogen (secondary N) is 2. The van der Waals surface area contributed by atoms with Gasteiger partial charge in [0.05, 0.1) is 25.0 Å². The van der Waals surface area contributed by atoms with E-state index in [1.54, 1.807) is 13.2 Å². The standard InChI is InChI=1S/C17H16N2O3S/c1-22-13-4-2-3-11(7-13)8-16(20)18-12-5-6-15-14(9-12)19-17(21)10-23-15/h2-7,9H,8,10H2,1H3,(H,18,20)(H,19,21). The number of hydrogen-bond acceptors (Lipinski definition) is 4. The van der Waals surface area contributed by atoms with Crippen LogP contribution in [0.4, 0.5) is 11.4 Å². The van der Waals surface area contributed by atoms with Crippen molar-refractivity contribution in [3.63, 3.8) is 0 Å². The van der Waals surface area contributed by atoms with Crippen molar-refractivity contribution < 1.29 is 14.3 Å². The second-order valence-corrected chi connectivity index (χ2v) is 6.14. The van der Waals surface area contributed by atoms with Crippen LogP contribution in [0.2, 0.25) is 0 Å². The molecule has 3 rings (SSSR count). The molecule has 2 aromatic rings. The maximum Gasteiger partial charge on any atom is 0.234 e. The van der Waals surface area contributed by atoms with Crippen molar-refractivity contribution in [3.05, 3.63) is 48.0 Å². The Bertz CT molecular complexity index is 761. The maximum absolute atomic E-state index is 12.2. The third-order valence-electron chi connectivity index (χ3n) is 3.40. The summed E-state index contributed by atoms with van der Waals surface area (Å²) >= 11 is 1.49. The summed E-state index contributed by atoms with van der Waals surface area (Å²) in [6.45, 7) is 0. The number of thioether (sulfide) groups is 1. The Morgan fingerprint density at radius 3 is 3.00 bits per heavy atom. The Kier molecular flexibility index (Phi) is 4.52. The smallest absolute Gasteiger partial charge is 0.234 e. The number of fused-ring (bicyclic) bond motifs is 1. The first-order chi connectivity index (χ1) is 11.1. The minimum atomic E-state index is -0.118. The summed E-state index contributed by atoms with van der Waals surface area (Å²) in [5.41, 5.74) is 2.29. The fourth-order valence-electron chi connectivity index (χ4n) is 2.33. The van der Waals surface area contributed by atoms with E-state index in [9.17, 15) is 9.59 Å². The third kappa shape index (κ3) is 3.84. The Morgan fingerprint density at radius 1 is 1.30 bits per heavy atom. The Balaban J connectivity index is 1.68. The van der Waals surface area contributed by atoms with Crippen LogP contribution in [0.5, 0.6) is 5.75 Å². The minimum absolute atomic E-state index is 0.0256. The molecule has 23 heavy (non-hydrogen) atoms. The van der Waals surface area contributed by atoms with E-state index in [4.69, 9.17) is 4.74 Å². The molecule has 0 aliphatic carbocycles. The lowest BCUT2D eigenvalue weighted by Crippen LogP contribution is -2.19. The Morgan fingerprint density at radius 2 is 2.17 bits per heavy atom. The van der Waals surface area contributed by atoms with E-state index in [2.05, 4.69) is 10.6 Å². The van der Waals surface area contributed by atoms with E-state index in [-0.39, 0.29) is 18.2 Å². The lowest BCUT2D eigenvalue weighted by Gasteiger charge is -2.17. The van der Waals surface area contributed by atoms with Crippen molar-refractivity contribution in [1.82, 2.24) is 0 Å². The highest BCUT2D eigenvalue weighted by Gasteiger charge is 2.16. The van der Waals surface area contributed by atoms with Crippen molar-refractivity contribution >= 4 is 35.0 Å². The zero-order valence-corrected chi connectivity index (χ0v) is 13.4. The van der Waals surface area contributed by atoms with Crippen LogP contribution in [0.15, 0.2) is 47.4 Å². The fraction of sp³-hybridized carbons (Fsp3) is 0.176. The summed E-state index contributed by atoms with van der Waals surface area (Å²) in [5, 5.41) is 5.66. The quantitative estimate of drug-likeness (QED) is 0.905. The van der Waals surface area contributed by atoms with Gasteiger partial charge in [0.25, 0.3) is 0 Å². The van der Waals surface area contributed by atoms with Crippen LogP contribution in [-0.2, 0) is 16.0 Å². The van der Waals surface area contributed by atoms with Gasteiger partial charge in [0.1, 0.15) is 5.75 Å². The Labute approximate surface area is 138 Å². The van der Waals surface area contributed by atoms with Crippen LogP contribution in [0.3, 0.4) is 0 Å². The zero-order valence-electron chi connectivity index (χ0n) is 12.6. The highest BCUT2D eigenvalue weighted by Crippen LogP contribution is 2.33. The largest absolute Gasteiger partial charge is 0.497 e. The summed E-state index contributed by atoms with van der Waals surface area (Å²) in [6.07, 6.45) is 0.259. The van der Waals surface area contributed by atoms with Gasteiger partial charge in [0, 0.05) is 10.6 Å². The van der Waals surface area contributed by atoms with Crippen LogP contribution < -0.4 is 15.4 Å². The topological polar surface area (TPSA) is 67.4 Å². The molecule has 0 radical (unpaired) electrons. The minimum Gasteiger partial charge on any atom is -0.497 e. The van der Waals surface area contributed by atoms with Gasteiger partial charge in [-0.2, -0.15) is 0 Å². The van der Waals surface area contributed by atoms with Crippen LogP contribution >= 0.6 is 11.8 Å². The number of ether oxygens (including phenoxy) is 1. The number of carbonyl (C=O) groups excluding carboxylic acids is 2. The third-order valence-corrected chi connectivity index (χ3v) is 4.47. The molecule has 2 amide bonds. The summed E-state index contributed by atoms with van der Waals surface area (Å²) < 4.78 is 5.15. The Hall–Kier alpha value is -2.47. The number of hydrogen-bond donors (Lipinski definition) is 2. The highest BCUT2D eigenvalue weighted by molar-refractivity contribution is 8.00. The van der Waals surface area contributed by atoms with Crippen molar-refractivity contribution in [3.8, 4) is 5.75 Å². The van der Waals surface area contributed by atoms with Gasteiger partial charge in [-0.15, -0.1) is 11.8 Å². The molecule has 0 saturated carbocycles. The summed E-state index contributed by atoms with van der Waals surface area (Å²) in [7, 11) is 1.60. The second-order valence-electron chi connectivity index (χ2n) is 5.12. The van der Waals surface area contributed by atoms with Gasteiger partial charge in [-0.3, -0.25) is 9.59 Å². The normalized spacial score (nSPS) is 13.0. The fourth-order valence-corrected chi connectivity index (χ4v) is 3.12. The average molecular weight is 328 g/mol. The van der Waals surface area contributed by atoms with E-state index < -0.39 is 0 Å². The number of benzene rings is 2. The van der Waals surface area contributed by atoms with Crippen LogP contribution in [0, 0.1) is 0 Å². The van der Waals surface area contributed by atoms with Crippen LogP contribution in [-0.4, -0.2) is 24.7 Å². The van der Waals surface area contributed by atoms with Crippen molar-refractivity contribution in [2.45, 2.75) is 11.3 Å². The van der Waals surface area contributed by atoms with Crippen LogP contribution in [0.25, 0.3) is 0 Å². The first-order valence-corrected chi connectivity index (χ1v) is 8.12. The molecule has 2 N–H and O–H groups in total. The molecule has 1 aliphatic rings. The monoisotopic (exact) mass is 328 g/mol. The van der Waals surface area contributed by atoms with Gasteiger partial charge >= 0.3 is 0 Å². The molecule has 2 aromatic carbocycles. The van der Waals surface area contributed by atoms with Gasteiger partial charge in [0.15, 0.2) is 0 Å². The number of amides is 2. The zero-order chi connectivity index (χ0) is 16.2. The van der Waals surface area contributed by atoms with Gasteiger partial charge in [-0.1, -0.05) is 12.1 Å². The molecule has 0 atom stereocenters. The summed E-state index contributed by atoms with van der Waals surface area (Å²) in [5.74, 6) is 1.01. The average Bonchev–Trinajstić information content (AvgIpc) is 2.54. The molecule has 0 spiro atoms.